The maximum atomic E-state index is 9.24. The van der Waals surface area contributed by atoms with E-state index in [9.17, 15) is 5.11 Å². The Kier molecular flexibility index (Phi) is 5.45. The third-order valence-electron chi connectivity index (χ3n) is 3.16. The van der Waals surface area contributed by atoms with Gasteiger partial charge in [-0.05, 0) is 18.6 Å². The minimum absolute atomic E-state index is 0.149. The van der Waals surface area contributed by atoms with E-state index in [0.717, 1.165) is 31.9 Å². The SMILES string of the molecule is OCC1COCCN1CCCOc1ccccc1. The van der Waals surface area contributed by atoms with Gasteiger partial charge in [0.25, 0.3) is 0 Å². The lowest BCUT2D eigenvalue weighted by atomic mass is 10.2. The van der Waals surface area contributed by atoms with Crippen molar-refractivity contribution in [2.45, 2.75) is 12.5 Å². The maximum absolute atomic E-state index is 9.24. The fraction of sp³-hybridized carbons (Fsp3) is 0.571. The lowest BCUT2D eigenvalue weighted by Gasteiger charge is -2.34. The van der Waals surface area contributed by atoms with Gasteiger partial charge in [-0.25, -0.2) is 0 Å². The Hall–Kier alpha value is -1.10. The molecule has 4 nitrogen and oxygen atoms in total. The van der Waals surface area contributed by atoms with Crippen molar-refractivity contribution < 1.29 is 14.6 Å². The molecule has 1 atom stereocenters. The van der Waals surface area contributed by atoms with Gasteiger partial charge in [-0.2, -0.15) is 0 Å². The number of benzene rings is 1. The Balaban J connectivity index is 1.65. The highest BCUT2D eigenvalue weighted by molar-refractivity contribution is 5.20. The van der Waals surface area contributed by atoms with Crippen LogP contribution in [0.3, 0.4) is 0 Å². The van der Waals surface area contributed by atoms with E-state index in [4.69, 9.17) is 9.47 Å². The van der Waals surface area contributed by atoms with Gasteiger partial charge in [0.2, 0.25) is 0 Å². The third-order valence-corrected chi connectivity index (χ3v) is 3.16. The summed E-state index contributed by atoms with van der Waals surface area (Å²) in [6, 6.07) is 10.00. The molecule has 0 aliphatic carbocycles. The first-order valence-corrected chi connectivity index (χ1v) is 6.50. The van der Waals surface area contributed by atoms with Crippen molar-refractivity contribution in [3.8, 4) is 5.75 Å². The zero-order valence-electron chi connectivity index (χ0n) is 10.6. The van der Waals surface area contributed by atoms with Crippen molar-refractivity contribution in [3.63, 3.8) is 0 Å². The molecule has 4 heteroatoms. The summed E-state index contributed by atoms with van der Waals surface area (Å²) in [6.45, 7) is 4.11. The van der Waals surface area contributed by atoms with Crippen LogP contribution in [0, 0.1) is 0 Å². The standard InChI is InChI=1S/C14H21NO3/c16-11-13-12-17-10-8-15(13)7-4-9-18-14-5-2-1-3-6-14/h1-3,5-6,13,16H,4,7-12H2. The fourth-order valence-corrected chi connectivity index (χ4v) is 2.13. The van der Waals surface area contributed by atoms with E-state index in [-0.39, 0.29) is 12.6 Å². The molecule has 1 aliphatic rings. The summed E-state index contributed by atoms with van der Waals surface area (Å²) >= 11 is 0. The average molecular weight is 251 g/mol. The molecule has 0 amide bonds. The zero-order chi connectivity index (χ0) is 12.6. The molecule has 1 fully saturated rings. The highest BCUT2D eigenvalue weighted by atomic mass is 16.5. The molecule has 1 N–H and O–H groups in total. The van der Waals surface area contributed by atoms with Crippen LogP contribution < -0.4 is 4.74 Å². The van der Waals surface area contributed by atoms with Crippen molar-refractivity contribution in [1.82, 2.24) is 4.90 Å². The Morgan fingerprint density at radius 2 is 2.17 bits per heavy atom. The zero-order valence-corrected chi connectivity index (χ0v) is 10.6. The van der Waals surface area contributed by atoms with Gasteiger partial charge < -0.3 is 14.6 Å². The van der Waals surface area contributed by atoms with E-state index in [2.05, 4.69) is 4.90 Å². The second-order valence-electron chi connectivity index (χ2n) is 4.46. The van der Waals surface area contributed by atoms with Gasteiger partial charge in [0.15, 0.2) is 0 Å². The number of hydrogen-bond donors (Lipinski definition) is 1. The van der Waals surface area contributed by atoms with E-state index >= 15 is 0 Å². The molecule has 2 rings (SSSR count). The highest BCUT2D eigenvalue weighted by Gasteiger charge is 2.21. The average Bonchev–Trinajstić information content (AvgIpc) is 2.45. The summed E-state index contributed by atoms with van der Waals surface area (Å²) in [5, 5.41) is 9.24. The normalized spacial score (nSPS) is 20.8. The first-order chi connectivity index (χ1) is 8.90. The number of ether oxygens (including phenoxy) is 2. The van der Waals surface area contributed by atoms with Crippen molar-refractivity contribution in [3.05, 3.63) is 30.3 Å². The quantitative estimate of drug-likeness (QED) is 0.770. The number of nitrogens with zero attached hydrogens (tertiary/aromatic N) is 1. The van der Waals surface area contributed by atoms with Crippen LogP contribution in [0.4, 0.5) is 0 Å². The third kappa shape index (κ3) is 3.98. The van der Waals surface area contributed by atoms with E-state index in [1.807, 2.05) is 30.3 Å². The van der Waals surface area contributed by atoms with E-state index in [1.54, 1.807) is 0 Å². The maximum Gasteiger partial charge on any atom is 0.119 e. The molecule has 0 bridgehead atoms. The van der Waals surface area contributed by atoms with Gasteiger partial charge in [0, 0.05) is 13.1 Å². The van der Waals surface area contributed by atoms with Gasteiger partial charge >= 0.3 is 0 Å². The summed E-state index contributed by atoms with van der Waals surface area (Å²) in [7, 11) is 0. The minimum Gasteiger partial charge on any atom is -0.494 e. The fourth-order valence-electron chi connectivity index (χ4n) is 2.13. The van der Waals surface area contributed by atoms with Crippen molar-refractivity contribution in [2.24, 2.45) is 0 Å². The Bertz CT molecular complexity index is 331. The Morgan fingerprint density at radius 1 is 1.33 bits per heavy atom. The molecule has 1 unspecified atom stereocenters. The van der Waals surface area contributed by atoms with Gasteiger partial charge in [-0.3, -0.25) is 4.90 Å². The smallest absolute Gasteiger partial charge is 0.119 e. The largest absolute Gasteiger partial charge is 0.494 e. The van der Waals surface area contributed by atoms with Crippen LogP contribution in [-0.2, 0) is 4.74 Å². The number of para-hydroxylation sites is 1. The molecule has 1 aliphatic heterocycles. The molecular formula is C14H21NO3. The number of aliphatic hydroxyl groups excluding tert-OH is 1. The molecule has 0 saturated carbocycles. The number of hydrogen-bond acceptors (Lipinski definition) is 4. The van der Waals surface area contributed by atoms with Crippen LogP contribution in [0.5, 0.6) is 5.75 Å². The molecule has 1 aromatic rings. The molecule has 0 radical (unpaired) electrons. The summed E-state index contributed by atoms with van der Waals surface area (Å²) in [5.74, 6) is 0.915. The van der Waals surface area contributed by atoms with E-state index in [1.165, 1.54) is 0 Å². The monoisotopic (exact) mass is 251 g/mol. The van der Waals surface area contributed by atoms with E-state index in [0.29, 0.717) is 13.2 Å². The molecular weight excluding hydrogens is 230 g/mol. The molecule has 1 saturated heterocycles. The second-order valence-corrected chi connectivity index (χ2v) is 4.46. The first-order valence-electron chi connectivity index (χ1n) is 6.50. The number of morpholine rings is 1. The number of aliphatic hydroxyl groups is 1. The lowest BCUT2D eigenvalue weighted by Crippen LogP contribution is -2.47. The summed E-state index contributed by atoms with van der Waals surface area (Å²) in [5.41, 5.74) is 0. The molecule has 1 heterocycles. The van der Waals surface area contributed by atoms with Crippen LogP contribution in [0.25, 0.3) is 0 Å². The minimum atomic E-state index is 0.149. The molecule has 1 aromatic carbocycles. The summed E-state index contributed by atoms with van der Waals surface area (Å²) in [4.78, 5) is 2.28. The summed E-state index contributed by atoms with van der Waals surface area (Å²) in [6.07, 6.45) is 0.964. The molecule has 0 spiro atoms. The van der Waals surface area contributed by atoms with Gasteiger partial charge in [0.05, 0.1) is 32.5 Å². The summed E-state index contributed by atoms with van der Waals surface area (Å²) < 4.78 is 11.0. The van der Waals surface area contributed by atoms with Gasteiger partial charge in [0.1, 0.15) is 5.75 Å². The topological polar surface area (TPSA) is 41.9 Å². The Labute approximate surface area is 108 Å². The van der Waals surface area contributed by atoms with Gasteiger partial charge in [-0.1, -0.05) is 18.2 Å². The highest BCUT2D eigenvalue weighted by Crippen LogP contribution is 2.10. The van der Waals surface area contributed by atoms with Crippen LogP contribution in [0.15, 0.2) is 30.3 Å². The molecule has 100 valence electrons. The predicted octanol–water partition coefficient (Wildman–Crippen LogP) is 1.15. The van der Waals surface area contributed by atoms with Crippen molar-refractivity contribution in [1.29, 1.82) is 0 Å². The van der Waals surface area contributed by atoms with Gasteiger partial charge in [-0.15, -0.1) is 0 Å². The predicted molar refractivity (Wildman–Crippen MR) is 69.8 cm³/mol. The Morgan fingerprint density at radius 3 is 2.94 bits per heavy atom. The van der Waals surface area contributed by atoms with Crippen LogP contribution in [0.2, 0.25) is 0 Å². The van der Waals surface area contributed by atoms with Crippen LogP contribution in [0.1, 0.15) is 6.42 Å². The van der Waals surface area contributed by atoms with E-state index < -0.39 is 0 Å². The molecule has 0 aromatic heterocycles. The van der Waals surface area contributed by atoms with Crippen LogP contribution >= 0.6 is 0 Å². The number of rotatable bonds is 6. The molecule has 18 heavy (non-hydrogen) atoms. The van der Waals surface area contributed by atoms with Crippen molar-refractivity contribution >= 4 is 0 Å². The second kappa shape index (κ2) is 7.36. The lowest BCUT2D eigenvalue weighted by molar-refractivity contribution is -0.0287. The van der Waals surface area contributed by atoms with Crippen molar-refractivity contribution in [2.75, 3.05) is 39.5 Å². The van der Waals surface area contributed by atoms with Crippen LogP contribution in [-0.4, -0.2) is 55.6 Å². The first kappa shape index (κ1) is 13.3.